The van der Waals surface area contributed by atoms with Crippen LogP contribution in [-0.2, 0) is 16.8 Å². The molecule has 0 aliphatic carbocycles. The maximum absolute atomic E-state index is 5.63. The number of aryl methyl sites for hydroxylation is 1. The lowest BCUT2D eigenvalue weighted by Crippen LogP contribution is -2.21. The molecule has 0 spiro atoms. The van der Waals surface area contributed by atoms with Gasteiger partial charge in [0.1, 0.15) is 5.60 Å². The van der Waals surface area contributed by atoms with Gasteiger partial charge in [0.2, 0.25) is 11.7 Å². The van der Waals surface area contributed by atoms with Gasteiger partial charge in [-0.2, -0.15) is 4.98 Å². The highest BCUT2D eigenvalue weighted by molar-refractivity contribution is 6.17. The Morgan fingerprint density at radius 2 is 2.40 bits per heavy atom. The Bertz CT molecular complexity index is 321. The van der Waals surface area contributed by atoms with Crippen LogP contribution >= 0.6 is 11.6 Å². The SMILES string of the molecule is CC1(c2noc(CCCCl)n2)CCCO1. The van der Waals surface area contributed by atoms with Crippen molar-refractivity contribution in [1.82, 2.24) is 10.1 Å². The van der Waals surface area contributed by atoms with Gasteiger partial charge in [-0.3, -0.25) is 0 Å². The standard InChI is InChI=1S/C10H15ClN2O2/c1-10(5-3-7-14-10)9-12-8(15-13-9)4-2-6-11/h2-7H2,1H3. The van der Waals surface area contributed by atoms with E-state index in [1.807, 2.05) is 6.92 Å². The smallest absolute Gasteiger partial charge is 0.226 e. The van der Waals surface area contributed by atoms with Gasteiger partial charge >= 0.3 is 0 Å². The number of hydrogen-bond donors (Lipinski definition) is 0. The maximum Gasteiger partial charge on any atom is 0.226 e. The predicted molar refractivity (Wildman–Crippen MR) is 55.9 cm³/mol. The van der Waals surface area contributed by atoms with Crippen LogP contribution in [0.5, 0.6) is 0 Å². The second kappa shape index (κ2) is 4.49. The van der Waals surface area contributed by atoms with E-state index in [1.165, 1.54) is 0 Å². The van der Waals surface area contributed by atoms with E-state index < -0.39 is 0 Å². The average molecular weight is 231 g/mol. The first-order valence-electron chi connectivity index (χ1n) is 5.27. The number of alkyl halides is 1. The van der Waals surface area contributed by atoms with Gasteiger partial charge in [-0.1, -0.05) is 5.16 Å². The van der Waals surface area contributed by atoms with E-state index >= 15 is 0 Å². The fourth-order valence-corrected chi connectivity index (χ4v) is 1.88. The number of aromatic nitrogens is 2. The largest absolute Gasteiger partial charge is 0.367 e. The van der Waals surface area contributed by atoms with E-state index in [-0.39, 0.29) is 5.60 Å². The third kappa shape index (κ3) is 2.32. The summed E-state index contributed by atoms with van der Waals surface area (Å²) in [6.07, 6.45) is 3.62. The molecule has 0 bridgehead atoms. The van der Waals surface area contributed by atoms with Crippen molar-refractivity contribution in [3.8, 4) is 0 Å². The third-order valence-electron chi connectivity index (χ3n) is 2.68. The fourth-order valence-electron chi connectivity index (χ4n) is 1.74. The molecule has 2 rings (SSSR count). The summed E-state index contributed by atoms with van der Waals surface area (Å²) >= 11 is 5.60. The number of nitrogens with zero attached hydrogens (tertiary/aromatic N) is 2. The number of ether oxygens (including phenoxy) is 1. The highest BCUT2D eigenvalue weighted by atomic mass is 35.5. The summed E-state index contributed by atoms with van der Waals surface area (Å²) in [7, 11) is 0. The molecular formula is C10H15ClN2O2. The Kier molecular flexibility index (Phi) is 3.26. The van der Waals surface area contributed by atoms with Crippen LogP contribution < -0.4 is 0 Å². The first-order valence-corrected chi connectivity index (χ1v) is 5.81. The molecule has 5 heteroatoms. The molecule has 1 aromatic rings. The Morgan fingerprint density at radius 1 is 1.53 bits per heavy atom. The minimum atomic E-state index is -0.345. The first-order chi connectivity index (χ1) is 7.24. The molecule has 84 valence electrons. The van der Waals surface area contributed by atoms with E-state index in [9.17, 15) is 0 Å². The summed E-state index contributed by atoms with van der Waals surface area (Å²) in [4.78, 5) is 4.34. The molecule has 1 fully saturated rings. The fraction of sp³-hybridized carbons (Fsp3) is 0.800. The molecule has 1 saturated heterocycles. The molecule has 0 amide bonds. The molecule has 1 atom stereocenters. The summed E-state index contributed by atoms with van der Waals surface area (Å²) in [5, 5.41) is 3.97. The molecule has 1 aromatic heterocycles. The quantitative estimate of drug-likeness (QED) is 0.745. The van der Waals surface area contributed by atoms with Gasteiger partial charge in [0.25, 0.3) is 0 Å². The summed E-state index contributed by atoms with van der Waals surface area (Å²) in [5.74, 6) is 1.94. The van der Waals surface area contributed by atoms with Crippen LogP contribution in [0.4, 0.5) is 0 Å². The zero-order valence-electron chi connectivity index (χ0n) is 8.83. The Hall–Kier alpha value is -0.610. The van der Waals surface area contributed by atoms with Crippen LogP contribution in [0, 0.1) is 0 Å². The number of halogens is 1. The zero-order valence-corrected chi connectivity index (χ0v) is 9.59. The van der Waals surface area contributed by atoms with Crippen molar-refractivity contribution < 1.29 is 9.26 Å². The van der Waals surface area contributed by atoms with Gasteiger partial charge in [-0.25, -0.2) is 0 Å². The molecule has 1 aliphatic rings. The van der Waals surface area contributed by atoms with Gasteiger partial charge in [-0.05, 0) is 26.2 Å². The molecule has 4 nitrogen and oxygen atoms in total. The van der Waals surface area contributed by atoms with Gasteiger partial charge in [0.05, 0.1) is 0 Å². The number of rotatable bonds is 4. The molecule has 0 N–H and O–H groups in total. The third-order valence-corrected chi connectivity index (χ3v) is 2.95. The zero-order chi connectivity index (χ0) is 10.7. The molecule has 0 radical (unpaired) electrons. The van der Waals surface area contributed by atoms with Crippen LogP contribution in [0.3, 0.4) is 0 Å². The Balaban J connectivity index is 2.05. The molecule has 0 saturated carbocycles. The van der Waals surface area contributed by atoms with Crippen LogP contribution in [0.15, 0.2) is 4.52 Å². The van der Waals surface area contributed by atoms with Gasteiger partial charge < -0.3 is 9.26 Å². The predicted octanol–water partition coefficient (Wildman–Crippen LogP) is 2.27. The lowest BCUT2D eigenvalue weighted by molar-refractivity contribution is 0.00768. The van der Waals surface area contributed by atoms with Gasteiger partial charge in [-0.15, -0.1) is 11.6 Å². The van der Waals surface area contributed by atoms with Crippen molar-refractivity contribution in [2.75, 3.05) is 12.5 Å². The van der Waals surface area contributed by atoms with Crippen LogP contribution in [0.1, 0.15) is 37.9 Å². The van der Waals surface area contributed by atoms with Crippen LogP contribution in [-0.4, -0.2) is 22.6 Å². The molecule has 15 heavy (non-hydrogen) atoms. The highest BCUT2D eigenvalue weighted by Crippen LogP contribution is 2.33. The van der Waals surface area contributed by atoms with Crippen molar-refractivity contribution in [3.63, 3.8) is 0 Å². The van der Waals surface area contributed by atoms with Gasteiger partial charge in [0.15, 0.2) is 0 Å². The summed E-state index contributed by atoms with van der Waals surface area (Å²) < 4.78 is 10.8. The van der Waals surface area contributed by atoms with E-state index in [0.717, 1.165) is 32.3 Å². The first kappa shape index (κ1) is 10.9. The van der Waals surface area contributed by atoms with Crippen molar-refractivity contribution in [3.05, 3.63) is 11.7 Å². The molecular weight excluding hydrogens is 216 g/mol. The Labute approximate surface area is 93.9 Å². The van der Waals surface area contributed by atoms with E-state index in [4.69, 9.17) is 20.9 Å². The lowest BCUT2D eigenvalue weighted by Gasteiger charge is -2.17. The van der Waals surface area contributed by atoms with Crippen molar-refractivity contribution in [1.29, 1.82) is 0 Å². The summed E-state index contributed by atoms with van der Waals surface area (Å²) in [6.45, 7) is 2.79. The summed E-state index contributed by atoms with van der Waals surface area (Å²) in [5.41, 5.74) is -0.345. The van der Waals surface area contributed by atoms with Crippen LogP contribution in [0.2, 0.25) is 0 Å². The normalized spacial score (nSPS) is 26.0. The van der Waals surface area contributed by atoms with E-state index in [2.05, 4.69) is 10.1 Å². The van der Waals surface area contributed by atoms with Gasteiger partial charge in [0, 0.05) is 18.9 Å². The van der Waals surface area contributed by atoms with Crippen molar-refractivity contribution in [2.24, 2.45) is 0 Å². The monoisotopic (exact) mass is 230 g/mol. The second-order valence-corrected chi connectivity index (χ2v) is 4.37. The topological polar surface area (TPSA) is 48.2 Å². The lowest BCUT2D eigenvalue weighted by atomic mass is 10.0. The maximum atomic E-state index is 5.63. The minimum absolute atomic E-state index is 0.345. The minimum Gasteiger partial charge on any atom is -0.367 e. The molecule has 2 heterocycles. The average Bonchev–Trinajstić information content (AvgIpc) is 2.84. The summed E-state index contributed by atoms with van der Waals surface area (Å²) in [6, 6.07) is 0. The number of hydrogen-bond acceptors (Lipinski definition) is 4. The Morgan fingerprint density at radius 3 is 3.07 bits per heavy atom. The van der Waals surface area contributed by atoms with Crippen molar-refractivity contribution >= 4 is 11.6 Å². The second-order valence-electron chi connectivity index (χ2n) is 3.99. The molecule has 0 aromatic carbocycles. The van der Waals surface area contributed by atoms with E-state index in [0.29, 0.717) is 17.6 Å². The van der Waals surface area contributed by atoms with Crippen LogP contribution in [0.25, 0.3) is 0 Å². The van der Waals surface area contributed by atoms with E-state index in [1.54, 1.807) is 0 Å². The highest BCUT2D eigenvalue weighted by Gasteiger charge is 2.36. The molecule has 1 unspecified atom stereocenters. The van der Waals surface area contributed by atoms with Crippen molar-refractivity contribution in [2.45, 2.75) is 38.2 Å². The molecule has 1 aliphatic heterocycles.